The summed E-state index contributed by atoms with van der Waals surface area (Å²) in [6.45, 7) is 8.79. The van der Waals surface area contributed by atoms with Crippen molar-refractivity contribution in [3.8, 4) is 0 Å². The SMILES string of the molecule is CC(C)c1cc2ccc(N3CCN(C)CC3)cc2o1. The van der Waals surface area contributed by atoms with E-state index in [0.717, 1.165) is 37.5 Å². The molecule has 0 saturated carbocycles. The Morgan fingerprint density at radius 2 is 1.79 bits per heavy atom. The van der Waals surface area contributed by atoms with E-state index in [1.54, 1.807) is 0 Å². The summed E-state index contributed by atoms with van der Waals surface area (Å²) in [7, 11) is 2.18. The maximum atomic E-state index is 5.94. The highest BCUT2D eigenvalue weighted by atomic mass is 16.3. The van der Waals surface area contributed by atoms with E-state index in [1.165, 1.54) is 11.1 Å². The van der Waals surface area contributed by atoms with E-state index >= 15 is 0 Å². The van der Waals surface area contributed by atoms with Crippen molar-refractivity contribution in [2.75, 3.05) is 38.1 Å². The molecule has 2 aromatic rings. The average Bonchev–Trinajstić information content (AvgIpc) is 2.82. The summed E-state index contributed by atoms with van der Waals surface area (Å²) in [5.74, 6) is 1.52. The molecule has 0 amide bonds. The van der Waals surface area contributed by atoms with Gasteiger partial charge in [-0.05, 0) is 25.2 Å². The van der Waals surface area contributed by atoms with Gasteiger partial charge in [0.25, 0.3) is 0 Å². The zero-order valence-corrected chi connectivity index (χ0v) is 12.0. The van der Waals surface area contributed by atoms with Crippen molar-refractivity contribution in [3.05, 3.63) is 30.0 Å². The summed E-state index contributed by atoms with van der Waals surface area (Å²) >= 11 is 0. The van der Waals surface area contributed by atoms with Crippen LogP contribution in [0.25, 0.3) is 11.0 Å². The van der Waals surface area contributed by atoms with E-state index in [9.17, 15) is 0 Å². The Bertz CT molecular complexity index is 565. The molecular weight excluding hydrogens is 236 g/mol. The molecule has 3 nitrogen and oxygen atoms in total. The third kappa shape index (κ3) is 2.47. The third-order valence-corrected chi connectivity index (χ3v) is 3.96. The maximum Gasteiger partial charge on any atom is 0.136 e. The molecule has 0 unspecified atom stereocenters. The molecule has 1 saturated heterocycles. The van der Waals surface area contributed by atoms with Gasteiger partial charge >= 0.3 is 0 Å². The van der Waals surface area contributed by atoms with Gasteiger partial charge in [-0.25, -0.2) is 0 Å². The normalized spacial score (nSPS) is 17.6. The average molecular weight is 258 g/mol. The first-order valence-corrected chi connectivity index (χ1v) is 7.10. The molecule has 2 heterocycles. The third-order valence-electron chi connectivity index (χ3n) is 3.96. The zero-order chi connectivity index (χ0) is 13.4. The molecule has 0 aliphatic carbocycles. The number of fused-ring (bicyclic) bond motifs is 1. The van der Waals surface area contributed by atoms with Crippen molar-refractivity contribution >= 4 is 16.7 Å². The van der Waals surface area contributed by atoms with Gasteiger partial charge in [-0.15, -0.1) is 0 Å². The number of anilines is 1. The predicted molar refractivity (Wildman–Crippen MR) is 80.0 cm³/mol. The molecule has 102 valence electrons. The van der Waals surface area contributed by atoms with Crippen LogP contribution in [0, 0.1) is 0 Å². The molecule has 0 radical (unpaired) electrons. The molecule has 19 heavy (non-hydrogen) atoms. The quantitative estimate of drug-likeness (QED) is 0.824. The number of likely N-dealkylation sites (N-methyl/N-ethyl adjacent to an activating group) is 1. The van der Waals surface area contributed by atoms with Gasteiger partial charge in [-0.2, -0.15) is 0 Å². The van der Waals surface area contributed by atoms with E-state index in [0.29, 0.717) is 5.92 Å². The summed E-state index contributed by atoms with van der Waals surface area (Å²) < 4.78 is 5.94. The molecule has 1 aliphatic rings. The fourth-order valence-corrected chi connectivity index (χ4v) is 2.59. The van der Waals surface area contributed by atoms with Crippen molar-refractivity contribution in [3.63, 3.8) is 0 Å². The lowest BCUT2D eigenvalue weighted by Crippen LogP contribution is -2.44. The van der Waals surface area contributed by atoms with Crippen LogP contribution >= 0.6 is 0 Å². The Morgan fingerprint density at radius 3 is 2.47 bits per heavy atom. The summed E-state index contributed by atoms with van der Waals surface area (Å²) in [6.07, 6.45) is 0. The van der Waals surface area contributed by atoms with E-state index < -0.39 is 0 Å². The highest BCUT2D eigenvalue weighted by Gasteiger charge is 2.15. The van der Waals surface area contributed by atoms with E-state index in [1.807, 2.05) is 0 Å². The largest absolute Gasteiger partial charge is 0.461 e. The van der Waals surface area contributed by atoms with Crippen molar-refractivity contribution in [1.29, 1.82) is 0 Å². The number of hydrogen-bond acceptors (Lipinski definition) is 3. The molecule has 1 fully saturated rings. The Morgan fingerprint density at radius 1 is 1.05 bits per heavy atom. The Kier molecular flexibility index (Phi) is 3.23. The van der Waals surface area contributed by atoms with Crippen LogP contribution in [-0.2, 0) is 0 Å². The molecule has 3 heteroatoms. The fraction of sp³-hybridized carbons (Fsp3) is 0.500. The van der Waals surface area contributed by atoms with E-state index in [2.05, 4.69) is 55.0 Å². The van der Waals surface area contributed by atoms with Gasteiger partial charge < -0.3 is 14.2 Å². The number of furan rings is 1. The van der Waals surface area contributed by atoms with Gasteiger partial charge in [-0.1, -0.05) is 13.8 Å². The number of benzene rings is 1. The number of rotatable bonds is 2. The van der Waals surface area contributed by atoms with Crippen LogP contribution in [0.2, 0.25) is 0 Å². The first-order chi connectivity index (χ1) is 9.13. The Balaban J connectivity index is 1.88. The number of nitrogens with zero attached hydrogens (tertiary/aromatic N) is 2. The molecule has 1 aliphatic heterocycles. The van der Waals surface area contributed by atoms with Crippen molar-refractivity contribution in [2.24, 2.45) is 0 Å². The molecule has 0 bridgehead atoms. The lowest BCUT2D eigenvalue weighted by molar-refractivity contribution is 0.313. The highest BCUT2D eigenvalue weighted by molar-refractivity contribution is 5.82. The second-order valence-electron chi connectivity index (χ2n) is 5.82. The number of piperazine rings is 1. The Labute approximate surface area is 114 Å². The highest BCUT2D eigenvalue weighted by Crippen LogP contribution is 2.28. The molecule has 0 N–H and O–H groups in total. The second kappa shape index (κ2) is 4.89. The fourth-order valence-electron chi connectivity index (χ4n) is 2.59. The molecular formula is C16H22N2O. The van der Waals surface area contributed by atoms with Crippen LogP contribution in [-0.4, -0.2) is 38.1 Å². The van der Waals surface area contributed by atoms with Crippen LogP contribution in [0.4, 0.5) is 5.69 Å². The van der Waals surface area contributed by atoms with Crippen molar-refractivity contribution in [1.82, 2.24) is 4.90 Å². The minimum Gasteiger partial charge on any atom is -0.461 e. The molecule has 0 atom stereocenters. The summed E-state index contributed by atoms with van der Waals surface area (Å²) in [5, 5.41) is 1.21. The molecule has 0 spiro atoms. The molecule has 1 aromatic carbocycles. The van der Waals surface area contributed by atoms with Gasteiger partial charge in [0.05, 0.1) is 0 Å². The van der Waals surface area contributed by atoms with Gasteiger partial charge in [0.1, 0.15) is 11.3 Å². The van der Waals surface area contributed by atoms with Crippen molar-refractivity contribution < 1.29 is 4.42 Å². The second-order valence-corrected chi connectivity index (χ2v) is 5.82. The Hall–Kier alpha value is -1.48. The van der Waals surface area contributed by atoms with Gasteiger partial charge in [0.15, 0.2) is 0 Å². The number of hydrogen-bond donors (Lipinski definition) is 0. The molecule has 1 aromatic heterocycles. The smallest absolute Gasteiger partial charge is 0.136 e. The lowest BCUT2D eigenvalue weighted by Gasteiger charge is -2.34. The van der Waals surface area contributed by atoms with Crippen LogP contribution in [0.1, 0.15) is 25.5 Å². The lowest BCUT2D eigenvalue weighted by atomic mass is 10.1. The van der Waals surface area contributed by atoms with Crippen LogP contribution in [0.15, 0.2) is 28.7 Å². The predicted octanol–water partition coefficient (Wildman–Crippen LogP) is 3.31. The first kappa shape index (κ1) is 12.5. The van der Waals surface area contributed by atoms with Crippen LogP contribution in [0.5, 0.6) is 0 Å². The maximum absolute atomic E-state index is 5.94. The zero-order valence-electron chi connectivity index (χ0n) is 12.0. The monoisotopic (exact) mass is 258 g/mol. The van der Waals surface area contributed by atoms with Gasteiger partial charge in [-0.3, -0.25) is 0 Å². The van der Waals surface area contributed by atoms with Crippen LogP contribution < -0.4 is 4.90 Å². The van der Waals surface area contributed by atoms with E-state index in [-0.39, 0.29) is 0 Å². The minimum absolute atomic E-state index is 0.444. The van der Waals surface area contributed by atoms with Gasteiger partial charge in [0, 0.05) is 49.2 Å². The van der Waals surface area contributed by atoms with Gasteiger partial charge in [0.2, 0.25) is 0 Å². The first-order valence-electron chi connectivity index (χ1n) is 7.10. The standard InChI is InChI=1S/C16H22N2O/c1-12(2)15-10-13-4-5-14(11-16(13)19-15)18-8-6-17(3)7-9-18/h4-5,10-12H,6-9H2,1-3H3. The molecule has 3 rings (SSSR count). The topological polar surface area (TPSA) is 19.6 Å². The van der Waals surface area contributed by atoms with Crippen LogP contribution in [0.3, 0.4) is 0 Å². The minimum atomic E-state index is 0.444. The summed E-state index contributed by atoms with van der Waals surface area (Å²) in [4.78, 5) is 4.82. The van der Waals surface area contributed by atoms with E-state index in [4.69, 9.17) is 4.42 Å². The summed E-state index contributed by atoms with van der Waals surface area (Å²) in [5.41, 5.74) is 2.30. The van der Waals surface area contributed by atoms with Crippen molar-refractivity contribution in [2.45, 2.75) is 19.8 Å². The summed E-state index contributed by atoms with van der Waals surface area (Å²) in [6, 6.07) is 8.74.